The van der Waals surface area contributed by atoms with Gasteiger partial charge in [-0.05, 0) is 75.2 Å². The number of rotatable bonds is 9. The second-order valence-electron chi connectivity index (χ2n) is 8.03. The average Bonchev–Trinajstić information content (AvgIpc) is 3.30. The standard InChI is InChI=1S/C24H30N4O4/c1-16(2)27-24(31)18-5-9-19(10-6-18)25-15-22(29)28-20-11-7-17(8-12-20)23(30)26-14-21-4-3-13-32-21/h5-12,16,21,25H,3-4,13-15H2,1-2H3,(H,26,30)(H,27,31)(H,28,29). The van der Waals surface area contributed by atoms with Crippen molar-refractivity contribution in [2.45, 2.75) is 38.8 Å². The number of amides is 3. The van der Waals surface area contributed by atoms with E-state index in [1.54, 1.807) is 48.5 Å². The highest BCUT2D eigenvalue weighted by molar-refractivity contribution is 5.97. The highest BCUT2D eigenvalue weighted by Gasteiger charge is 2.16. The zero-order valence-electron chi connectivity index (χ0n) is 18.4. The molecule has 0 spiro atoms. The van der Waals surface area contributed by atoms with Crippen molar-refractivity contribution in [3.63, 3.8) is 0 Å². The van der Waals surface area contributed by atoms with E-state index in [2.05, 4.69) is 21.3 Å². The van der Waals surface area contributed by atoms with Gasteiger partial charge in [-0.2, -0.15) is 0 Å². The van der Waals surface area contributed by atoms with Gasteiger partial charge in [0.25, 0.3) is 11.8 Å². The Hall–Kier alpha value is -3.39. The minimum Gasteiger partial charge on any atom is -0.376 e. The molecule has 2 aromatic carbocycles. The summed E-state index contributed by atoms with van der Waals surface area (Å²) in [5, 5.41) is 11.5. The first-order valence-corrected chi connectivity index (χ1v) is 10.9. The van der Waals surface area contributed by atoms with Gasteiger partial charge in [-0.3, -0.25) is 14.4 Å². The van der Waals surface area contributed by atoms with Crippen molar-refractivity contribution in [1.82, 2.24) is 10.6 Å². The fourth-order valence-corrected chi connectivity index (χ4v) is 3.29. The fourth-order valence-electron chi connectivity index (χ4n) is 3.29. The van der Waals surface area contributed by atoms with Crippen LogP contribution < -0.4 is 21.3 Å². The summed E-state index contributed by atoms with van der Waals surface area (Å²) in [6.45, 7) is 5.14. The first kappa shape index (κ1) is 23.3. The summed E-state index contributed by atoms with van der Waals surface area (Å²) >= 11 is 0. The molecule has 1 heterocycles. The summed E-state index contributed by atoms with van der Waals surface area (Å²) in [5.74, 6) is -0.513. The molecule has 3 rings (SSSR count). The van der Waals surface area contributed by atoms with Crippen LogP contribution in [0.4, 0.5) is 11.4 Å². The number of carbonyl (C=O) groups is 3. The zero-order valence-corrected chi connectivity index (χ0v) is 18.4. The van der Waals surface area contributed by atoms with Crippen molar-refractivity contribution in [2.75, 3.05) is 30.3 Å². The lowest BCUT2D eigenvalue weighted by Gasteiger charge is -2.12. The molecule has 0 aromatic heterocycles. The molecule has 1 saturated heterocycles. The number of nitrogens with one attached hydrogen (secondary N) is 4. The second-order valence-corrected chi connectivity index (χ2v) is 8.03. The smallest absolute Gasteiger partial charge is 0.251 e. The van der Waals surface area contributed by atoms with Gasteiger partial charge in [-0.15, -0.1) is 0 Å². The van der Waals surface area contributed by atoms with Gasteiger partial charge in [0.15, 0.2) is 0 Å². The van der Waals surface area contributed by atoms with Crippen LogP contribution in [-0.4, -0.2) is 49.6 Å². The molecule has 3 amide bonds. The molecular weight excluding hydrogens is 408 g/mol. The maximum absolute atomic E-state index is 12.2. The Labute approximate surface area is 188 Å². The highest BCUT2D eigenvalue weighted by atomic mass is 16.5. The lowest BCUT2D eigenvalue weighted by atomic mass is 10.1. The van der Waals surface area contributed by atoms with Crippen molar-refractivity contribution in [3.8, 4) is 0 Å². The van der Waals surface area contributed by atoms with Gasteiger partial charge in [-0.1, -0.05) is 0 Å². The van der Waals surface area contributed by atoms with Gasteiger partial charge < -0.3 is 26.0 Å². The number of ether oxygens (including phenoxy) is 1. The van der Waals surface area contributed by atoms with E-state index >= 15 is 0 Å². The summed E-state index contributed by atoms with van der Waals surface area (Å²) < 4.78 is 5.50. The minimum absolute atomic E-state index is 0.0685. The summed E-state index contributed by atoms with van der Waals surface area (Å²) in [6, 6.07) is 13.7. The summed E-state index contributed by atoms with van der Waals surface area (Å²) in [4.78, 5) is 36.4. The molecule has 170 valence electrons. The molecule has 32 heavy (non-hydrogen) atoms. The molecule has 1 aliphatic rings. The summed E-state index contributed by atoms with van der Waals surface area (Å²) in [5.41, 5.74) is 2.43. The Morgan fingerprint density at radius 1 is 0.938 bits per heavy atom. The molecular formula is C24H30N4O4. The molecule has 0 radical (unpaired) electrons. The zero-order chi connectivity index (χ0) is 22.9. The predicted molar refractivity (Wildman–Crippen MR) is 124 cm³/mol. The Bertz CT molecular complexity index is 920. The molecule has 0 saturated carbocycles. The normalized spacial score (nSPS) is 15.3. The topological polar surface area (TPSA) is 109 Å². The SMILES string of the molecule is CC(C)NC(=O)c1ccc(NCC(=O)Nc2ccc(C(=O)NCC3CCCO3)cc2)cc1. The van der Waals surface area contributed by atoms with Crippen molar-refractivity contribution < 1.29 is 19.1 Å². The van der Waals surface area contributed by atoms with Gasteiger partial charge in [0.2, 0.25) is 5.91 Å². The van der Waals surface area contributed by atoms with Gasteiger partial charge in [0.1, 0.15) is 0 Å². The van der Waals surface area contributed by atoms with Crippen LogP contribution in [0.5, 0.6) is 0 Å². The van der Waals surface area contributed by atoms with Crippen LogP contribution in [0.3, 0.4) is 0 Å². The Kier molecular flexibility index (Phi) is 8.21. The average molecular weight is 439 g/mol. The third-order valence-electron chi connectivity index (χ3n) is 4.97. The lowest BCUT2D eigenvalue weighted by Crippen LogP contribution is -2.31. The van der Waals surface area contributed by atoms with Crippen molar-refractivity contribution in [2.24, 2.45) is 0 Å². The van der Waals surface area contributed by atoms with Gasteiger partial charge in [-0.25, -0.2) is 0 Å². The van der Waals surface area contributed by atoms with E-state index in [1.807, 2.05) is 13.8 Å². The van der Waals surface area contributed by atoms with E-state index in [0.717, 1.165) is 25.1 Å². The molecule has 1 aliphatic heterocycles. The monoisotopic (exact) mass is 438 g/mol. The van der Waals surface area contributed by atoms with Crippen LogP contribution in [0, 0.1) is 0 Å². The first-order valence-electron chi connectivity index (χ1n) is 10.9. The number of benzene rings is 2. The van der Waals surface area contributed by atoms with Crippen LogP contribution in [0.15, 0.2) is 48.5 Å². The molecule has 2 aromatic rings. The van der Waals surface area contributed by atoms with E-state index in [4.69, 9.17) is 4.74 Å². The van der Waals surface area contributed by atoms with E-state index in [9.17, 15) is 14.4 Å². The van der Waals surface area contributed by atoms with Crippen LogP contribution >= 0.6 is 0 Å². The molecule has 0 bridgehead atoms. The van der Waals surface area contributed by atoms with E-state index in [1.165, 1.54) is 0 Å². The van der Waals surface area contributed by atoms with Crippen molar-refractivity contribution in [3.05, 3.63) is 59.7 Å². The van der Waals surface area contributed by atoms with E-state index < -0.39 is 0 Å². The van der Waals surface area contributed by atoms with Crippen LogP contribution in [0.2, 0.25) is 0 Å². The van der Waals surface area contributed by atoms with Crippen LogP contribution in [0.25, 0.3) is 0 Å². The maximum Gasteiger partial charge on any atom is 0.251 e. The number of hydrogen-bond acceptors (Lipinski definition) is 5. The fraction of sp³-hybridized carbons (Fsp3) is 0.375. The lowest BCUT2D eigenvalue weighted by molar-refractivity contribution is -0.114. The first-order chi connectivity index (χ1) is 15.4. The quantitative estimate of drug-likeness (QED) is 0.481. The Morgan fingerprint density at radius 3 is 2.16 bits per heavy atom. The molecule has 8 heteroatoms. The molecule has 1 fully saturated rings. The predicted octanol–water partition coefficient (Wildman–Crippen LogP) is 2.78. The van der Waals surface area contributed by atoms with Crippen LogP contribution in [-0.2, 0) is 9.53 Å². The molecule has 1 unspecified atom stereocenters. The van der Waals surface area contributed by atoms with Crippen molar-refractivity contribution >= 4 is 29.1 Å². The van der Waals surface area contributed by atoms with Gasteiger partial charge in [0.05, 0.1) is 12.6 Å². The van der Waals surface area contributed by atoms with Crippen molar-refractivity contribution in [1.29, 1.82) is 0 Å². The number of hydrogen-bond donors (Lipinski definition) is 4. The highest BCUT2D eigenvalue weighted by Crippen LogP contribution is 2.13. The summed E-state index contributed by atoms with van der Waals surface area (Å²) in [7, 11) is 0. The second kappa shape index (κ2) is 11.3. The Morgan fingerprint density at radius 2 is 1.56 bits per heavy atom. The third kappa shape index (κ3) is 7.09. The molecule has 4 N–H and O–H groups in total. The minimum atomic E-state index is -0.220. The van der Waals surface area contributed by atoms with Gasteiger partial charge in [0, 0.05) is 41.7 Å². The maximum atomic E-state index is 12.2. The summed E-state index contributed by atoms with van der Waals surface area (Å²) in [6.07, 6.45) is 2.10. The van der Waals surface area contributed by atoms with Crippen LogP contribution in [0.1, 0.15) is 47.4 Å². The number of anilines is 2. The third-order valence-corrected chi connectivity index (χ3v) is 4.97. The Balaban J connectivity index is 1.42. The van der Waals surface area contributed by atoms with Gasteiger partial charge >= 0.3 is 0 Å². The molecule has 1 atom stereocenters. The molecule has 8 nitrogen and oxygen atoms in total. The largest absolute Gasteiger partial charge is 0.376 e. The number of carbonyl (C=O) groups excluding carboxylic acids is 3. The molecule has 0 aliphatic carbocycles. The van der Waals surface area contributed by atoms with E-state index in [-0.39, 0.29) is 36.4 Å². The van der Waals surface area contributed by atoms with E-state index in [0.29, 0.717) is 23.4 Å².